The number of hydrogen-bond donors (Lipinski definition) is 0. The van der Waals surface area contributed by atoms with Gasteiger partial charge in [0, 0.05) is 4.92 Å². The third-order valence-corrected chi connectivity index (χ3v) is 5.42. The summed E-state index contributed by atoms with van der Waals surface area (Å²) in [5, 5.41) is 16.2. The van der Waals surface area contributed by atoms with E-state index in [1.54, 1.807) is 35.9 Å². The Labute approximate surface area is 191 Å². The van der Waals surface area contributed by atoms with Gasteiger partial charge in [-0.3, -0.25) is 10.1 Å². The summed E-state index contributed by atoms with van der Waals surface area (Å²) in [6.45, 7) is 3.39. The first-order valence-electron chi connectivity index (χ1n) is 10.5. The van der Waals surface area contributed by atoms with Gasteiger partial charge >= 0.3 is 5.97 Å². The summed E-state index contributed by atoms with van der Waals surface area (Å²) < 4.78 is 7.43. The maximum absolute atomic E-state index is 13.0. The molecule has 0 aliphatic heterocycles. The lowest BCUT2D eigenvalue weighted by Gasteiger charge is -2.16. The van der Waals surface area contributed by atoms with Crippen LogP contribution in [-0.4, -0.2) is 27.2 Å². The molecule has 0 N–H and O–H groups in total. The van der Waals surface area contributed by atoms with Gasteiger partial charge in [-0.05, 0) is 43.7 Å². The smallest absolute Gasteiger partial charge is 0.344 e. The van der Waals surface area contributed by atoms with Crippen LogP contribution in [0.15, 0.2) is 84.9 Å². The Balaban J connectivity index is 1.89. The minimum atomic E-state index is -0.640. The molecular formula is C26H23N3O4. The summed E-state index contributed by atoms with van der Waals surface area (Å²) >= 11 is 0. The highest BCUT2D eigenvalue weighted by Gasteiger charge is 2.31. The Morgan fingerprint density at radius 3 is 2.18 bits per heavy atom. The average Bonchev–Trinajstić information content (AvgIpc) is 3.14. The van der Waals surface area contributed by atoms with E-state index in [1.807, 2.05) is 67.6 Å². The van der Waals surface area contributed by atoms with Crippen molar-refractivity contribution in [1.82, 2.24) is 9.78 Å². The molecule has 7 heteroatoms. The molecule has 0 spiro atoms. The van der Waals surface area contributed by atoms with Crippen molar-refractivity contribution < 1.29 is 14.5 Å². The molecule has 33 heavy (non-hydrogen) atoms. The molecule has 0 amide bonds. The second-order valence-electron chi connectivity index (χ2n) is 7.79. The summed E-state index contributed by atoms with van der Waals surface area (Å²) in [7, 11) is 0. The number of carbonyl (C=O) groups excluding carboxylic acids is 1. The summed E-state index contributed by atoms with van der Waals surface area (Å²) in [5.74, 6) is -1.02. The molecule has 1 heterocycles. The first-order valence-corrected chi connectivity index (χ1v) is 10.5. The zero-order valence-corrected chi connectivity index (χ0v) is 18.3. The number of ether oxygens (including phenoxy) is 1. The maximum atomic E-state index is 13.0. The van der Waals surface area contributed by atoms with E-state index in [4.69, 9.17) is 4.74 Å². The van der Waals surface area contributed by atoms with Crippen LogP contribution < -0.4 is 4.74 Å². The molecule has 7 nitrogen and oxygen atoms in total. The fourth-order valence-corrected chi connectivity index (χ4v) is 3.80. The van der Waals surface area contributed by atoms with Crippen molar-refractivity contribution in [3.63, 3.8) is 0 Å². The van der Waals surface area contributed by atoms with E-state index in [9.17, 15) is 14.9 Å². The minimum Gasteiger partial charge on any atom is -0.403 e. The number of aromatic nitrogens is 2. The molecule has 3 aromatic carbocycles. The topological polar surface area (TPSA) is 87.3 Å². The fraction of sp³-hybridized carbons (Fsp3) is 0.154. The Hall–Kier alpha value is -4.26. The average molecular weight is 441 g/mol. The zero-order chi connectivity index (χ0) is 23.4. The molecule has 0 radical (unpaired) electrons. The molecule has 1 aromatic heterocycles. The van der Waals surface area contributed by atoms with Crippen LogP contribution in [0.3, 0.4) is 0 Å². The lowest BCUT2D eigenvalue weighted by atomic mass is 9.91. The second-order valence-corrected chi connectivity index (χ2v) is 7.79. The van der Waals surface area contributed by atoms with Crippen LogP contribution >= 0.6 is 0 Å². The van der Waals surface area contributed by atoms with Crippen molar-refractivity contribution >= 4 is 5.97 Å². The number of carbonyl (C=O) groups is 1. The first kappa shape index (κ1) is 22.0. The Morgan fingerprint density at radius 1 is 0.970 bits per heavy atom. The Morgan fingerprint density at radius 2 is 1.58 bits per heavy atom. The minimum absolute atomic E-state index is 0.181. The lowest BCUT2D eigenvalue weighted by molar-refractivity contribution is -0.481. The lowest BCUT2D eigenvalue weighted by Crippen LogP contribution is -2.18. The van der Waals surface area contributed by atoms with E-state index in [0.29, 0.717) is 22.5 Å². The van der Waals surface area contributed by atoms with Gasteiger partial charge in [-0.2, -0.15) is 5.10 Å². The van der Waals surface area contributed by atoms with Gasteiger partial charge in [0.25, 0.3) is 0 Å². The third kappa shape index (κ3) is 4.82. The van der Waals surface area contributed by atoms with Crippen LogP contribution in [0.5, 0.6) is 5.88 Å². The van der Waals surface area contributed by atoms with Gasteiger partial charge in [0.1, 0.15) is 0 Å². The van der Waals surface area contributed by atoms with Gasteiger partial charge in [0.2, 0.25) is 12.4 Å². The standard InChI is InChI=1S/C26H23N3O4/c1-18-13-15-22(16-14-18)29-25(33-26(30)21-11-7-4-8-12-21)24(19(2)27-29)23(17-28(31)32)20-9-5-3-6-10-20/h3-16,23H,17H2,1-2H3/t23-/m0/s1. The molecule has 4 aromatic rings. The van der Waals surface area contributed by atoms with E-state index in [-0.39, 0.29) is 17.3 Å². The number of rotatable bonds is 7. The Kier molecular flexibility index (Phi) is 6.31. The molecule has 1 atom stereocenters. The first-order chi connectivity index (χ1) is 15.9. The molecule has 0 bridgehead atoms. The van der Waals surface area contributed by atoms with Crippen LogP contribution in [0, 0.1) is 24.0 Å². The highest BCUT2D eigenvalue weighted by atomic mass is 16.6. The van der Waals surface area contributed by atoms with Crippen molar-refractivity contribution in [3.05, 3.63) is 123 Å². The van der Waals surface area contributed by atoms with Gasteiger partial charge in [0.05, 0.1) is 28.4 Å². The SMILES string of the molecule is Cc1ccc(-n2nc(C)c([C@@H](C[N+](=O)[O-])c3ccccc3)c2OC(=O)c2ccccc2)cc1. The molecule has 0 saturated carbocycles. The van der Waals surface area contributed by atoms with Crippen molar-refractivity contribution in [2.45, 2.75) is 19.8 Å². The quantitative estimate of drug-likeness (QED) is 0.226. The number of aryl methyl sites for hydroxylation is 2. The van der Waals surface area contributed by atoms with E-state index >= 15 is 0 Å². The summed E-state index contributed by atoms with van der Waals surface area (Å²) in [4.78, 5) is 24.2. The van der Waals surface area contributed by atoms with Crippen LogP contribution in [-0.2, 0) is 0 Å². The number of nitrogens with zero attached hydrogens (tertiary/aromatic N) is 3. The largest absolute Gasteiger partial charge is 0.403 e. The number of benzene rings is 3. The van der Waals surface area contributed by atoms with Gasteiger partial charge in [-0.1, -0.05) is 66.2 Å². The van der Waals surface area contributed by atoms with Gasteiger partial charge < -0.3 is 4.74 Å². The van der Waals surface area contributed by atoms with Gasteiger partial charge in [-0.15, -0.1) is 0 Å². The van der Waals surface area contributed by atoms with Crippen molar-refractivity contribution in [3.8, 4) is 11.6 Å². The molecule has 0 saturated heterocycles. The normalized spacial score (nSPS) is 11.7. The van der Waals surface area contributed by atoms with Crippen molar-refractivity contribution in [2.24, 2.45) is 0 Å². The number of esters is 1. The van der Waals surface area contributed by atoms with E-state index in [2.05, 4.69) is 5.10 Å². The molecular weight excluding hydrogens is 418 g/mol. The molecule has 4 rings (SSSR count). The van der Waals surface area contributed by atoms with Crippen molar-refractivity contribution in [2.75, 3.05) is 6.54 Å². The van der Waals surface area contributed by atoms with E-state index in [1.165, 1.54) is 0 Å². The molecule has 0 aliphatic rings. The highest BCUT2D eigenvalue weighted by Crippen LogP contribution is 2.37. The maximum Gasteiger partial charge on any atom is 0.344 e. The molecule has 0 fully saturated rings. The predicted molar refractivity (Wildman–Crippen MR) is 125 cm³/mol. The second kappa shape index (κ2) is 9.48. The highest BCUT2D eigenvalue weighted by molar-refractivity contribution is 5.91. The summed E-state index contributed by atoms with van der Waals surface area (Å²) in [6, 6.07) is 25.4. The van der Waals surface area contributed by atoms with E-state index in [0.717, 1.165) is 11.1 Å². The predicted octanol–water partition coefficient (Wildman–Crippen LogP) is 5.12. The number of nitro groups is 1. The summed E-state index contributed by atoms with van der Waals surface area (Å²) in [5.41, 5.74) is 3.96. The van der Waals surface area contributed by atoms with Crippen LogP contribution in [0.1, 0.15) is 38.7 Å². The fourth-order valence-electron chi connectivity index (χ4n) is 3.80. The Bertz CT molecular complexity index is 1270. The monoisotopic (exact) mass is 441 g/mol. The van der Waals surface area contributed by atoms with Crippen LogP contribution in [0.25, 0.3) is 5.69 Å². The van der Waals surface area contributed by atoms with Gasteiger partial charge in [-0.25, -0.2) is 9.48 Å². The van der Waals surface area contributed by atoms with Crippen molar-refractivity contribution in [1.29, 1.82) is 0 Å². The third-order valence-electron chi connectivity index (χ3n) is 5.42. The number of hydrogen-bond acceptors (Lipinski definition) is 5. The molecule has 0 aliphatic carbocycles. The van der Waals surface area contributed by atoms with E-state index < -0.39 is 11.9 Å². The van der Waals surface area contributed by atoms with Crippen LogP contribution in [0.4, 0.5) is 0 Å². The molecule has 166 valence electrons. The van der Waals surface area contributed by atoms with Gasteiger partial charge in [0.15, 0.2) is 0 Å². The summed E-state index contributed by atoms with van der Waals surface area (Å²) in [6.07, 6.45) is 0. The van der Waals surface area contributed by atoms with Crippen LogP contribution in [0.2, 0.25) is 0 Å². The zero-order valence-electron chi connectivity index (χ0n) is 18.3. The molecule has 0 unspecified atom stereocenters.